The highest BCUT2D eigenvalue weighted by molar-refractivity contribution is 5.93. The van der Waals surface area contributed by atoms with E-state index in [1.807, 2.05) is 41.5 Å². The van der Waals surface area contributed by atoms with Crippen molar-refractivity contribution in [2.75, 3.05) is 6.54 Å². The number of aliphatic hydroxyl groups is 1. The van der Waals surface area contributed by atoms with Crippen LogP contribution in [0, 0.1) is 22.2 Å². The molecular weight excluding hydrogens is 484 g/mol. The number of hydrogen-bond acceptors (Lipinski definition) is 5. The van der Waals surface area contributed by atoms with Crippen molar-refractivity contribution in [3.63, 3.8) is 0 Å². The Hall–Kier alpha value is -2.16. The van der Waals surface area contributed by atoms with Crippen LogP contribution in [0.1, 0.15) is 101 Å². The largest absolute Gasteiger partial charge is 0.383 e. The second-order valence-corrected chi connectivity index (χ2v) is 14.9. The van der Waals surface area contributed by atoms with Gasteiger partial charge in [-0.25, -0.2) is 4.79 Å². The van der Waals surface area contributed by atoms with Gasteiger partial charge in [0.25, 0.3) is 0 Å². The van der Waals surface area contributed by atoms with E-state index in [0.29, 0.717) is 25.3 Å². The molecule has 3 unspecified atom stereocenters. The van der Waals surface area contributed by atoms with Crippen LogP contribution in [0.25, 0.3) is 0 Å². The summed E-state index contributed by atoms with van der Waals surface area (Å²) in [6.45, 7) is 17.4. The first-order chi connectivity index (χ1) is 17.3. The predicted molar refractivity (Wildman–Crippen MR) is 146 cm³/mol. The second-order valence-electron chi connectivity index (χ2n) is 14.9. The number of urea groups is 1. The normalized spacial score (nSPS) is 27.2. The Labute approximate surface area is 228 Å². The molecule has 0 aromatic rings. The molecule has 2 saturated carbocycles. The lowest BCUT2D eigenvalue weighted by Crippen LogP contribution is -2.61. The Balaban J connectivity index is 1.85. The number of ketones is 1. The molecule has 1 heterocycles. The highest BCUT2D eigenvalue weighted by Gasteiger charge is 2.67. The minimum Gasteiger partial charge on any atom is -0.383 e. The lowest BCUT2D eigenvalue weighted by molar-refractivity contribution is -0.143. The van der Waals surface area contributed by atoms with Gasteiger partial charge in [-0.1, -0.05) is 53.9 Å². The van der Waals surface area contributed by atoms with Gasteiger partial charge in [0.2, 0.25) is 11.8 Å². The van der Waals surface area contributed by atoms with Gasteiger partial charge in [-0.2, -0.15) is 0 Å². The van der Waals surface area contributed by atoms with Gasteiger partial charge < -0.3 is 26.0 Å². The first-order valence-electron chi connectivity index (χ1n) is 14.1. The zero-order chi connectivity index (χ0) is 28.8. The van der Waals surface area contributed by atoms with Crippen LogP contribution in [-0.4, -0.2) is 69.9 Å². The third kappa shape index (κ3) is 6.69. The van der Waals surface area contributed by atoms with Gasteiger partial charge in [-0.3, -0.25) is 14.4 Å². The molecule has 0 bridgehead atoms. The van der Waals surface area contributed by atoms with Gasteiger partial charge in [-0.05, 0) is 69.1 Å². The third-order valence-electron chi connectivity index (χ3n) is 8.92. The van der Waals surface area contributed by atoms with E-state index >= 15 is 0 Å². The quantitative estimate of drug-likeness (QED) is 0.380. The maximum Gasteiger partial charge on any atom is 0.315 e. The average molecular weight is 535 g/mol. The van der Waals surface area contributed by atoms with Gasteiger partial charge >= 0.3 is 6.03 Å². The number of aliphatic hydroxyl groups excluding tert-OH is 1. The second kappa shape index (κ2) is 10.4. The molecule has 216 valence electrons. The molecule has 9 heteroatoms. The molecule has 1 spiro atoms. The number of Topliss-reactive ketones (excluding diaryl/α,β-unsaturated/α-hetero) is 1. The van der Waals surface area contributed by atoms with Gasteiger partial charge in [0.1, 0.15) is 18.2 Å². The smallest absolute Gasteiger partial charge is 0.315 e. The van der Waals surface area contributed by atoms with E-state index in [0.717, 1.165) is 25.7 Å². The number of rotatable bonds is 8. The molecule has 0 aromatic heterocycles. The van der Waals surface area contributed by atoms with Crippen LogP contribution >= 0.6 is 0 Å². The Bertz CT molecular complexity index is 946. The fourth-order valence-electron chi connectivity index (χ4n) is 6.11. The Morgan fingerprint density at radius 3 is 2.03 bits per heavy atom. The van der Waals surface area contributed by atoms with Crippen LogP contribution in [0.5, 0.6) is 0 Å². The highest BCUT2D eigenvalue weighted by Crippen LogP contribution is 2.69. The number of carbonyl (C=O) groups is 4. The van der Waals surface area contributed by atoms with Crippen LogP contribution < -0.4 is 16.0 Å². The van der Waals surface area contributed by atoms with Gasteiger partial charge in [0, 0.05) is 12.1 Å². The van der Waals surface area contributed by atoms with Crippen LogP contribution in [0.4, 0.5) is 4.79 Å². The van der Waals surface area contributed by atoms with E-state index in [2.05, 4.69) is 29.8 Å². The SMILES string of the molecule is CC(=O)C(O)C(CC1CCC1)NC(=O)[C@@H]1CC2(CN1C(=O)[C@@H](NC(=O)NC(C)(C)C)C(C)(C)C)CC2(C)C. The summed E-state index contributed by atoms with van der Waals surface area (Å²) in [5.41, 5.74) is -1.23. The van der Waals surface area contributed by atoms with Crippen molar-refractivity contribution in [3.05, 3.63) is 0 Å². The Kier molecular flexibility index (Phi) is 8.34. The van der Waals surface area contributed by atoms with Crippen molar-refractivity contribution in [1.82, 2.24) is 20.9 Å². The lowest BCUT2D eigenvalue weighted by Gasteiger charge is -2.37. The average Bonchev–Trinajstić information content (AvgIpc) is 3.05. The Morgan fingerprint density at radius 1 is 1.03 bits per heavy atom. The summed E-state index contributed by atoms with van der Waals surface area (Å²) in [6.07, 6.45) is 3.87. The van der Waals surface area contributed by atoms with E-state index in [1.165, 1.54) is 6.92 Å². The van der Waals surface area contributed by atoms with Crippen LogP contribution in [0.3, 0.4) is 0 Å². The molecule has 5 atom stereocenters. The summed E-state index contributed by atoms with van der Waals surface area (Å²) in [6, 6.07) is -2.69. The molecule has 0 aromatic carbocycles. The first kappa shape index (κ1) is 30.4. The van der Waals surface area contributed by atoms with Crippen LogP contribution in [0.2, 0.25) is 0 Å². The number of nitrogens with one attached hydrogen (secondary N) is 3. The predicted octanol–water partition coefficient (Wildman–Crippen LogP) is 3.14. The van der Waals surface area contributed by atoms with E-state index in [1.54, 1.807) is 4.90 Å². The van der Waals surface area contributed by atoms with E-state index in [4.69, 9.17) is 0 Å². The molecular formula is C29H50N4O5. The molecule has 3 fully saturated rings. The monoisotopic (exact) mass is 534 g/mol. The van der Waals surface area contributed by atoms with E-state index in [-0.39, 0.29) is 28.4 Å². The molecule has 1 saturated heterocycles. The maximum atomic E-state index is 14.1. The summed E-state index contributed by atoms with van der Waals surface area (Å²) in [5.74, 6) is -0.631. The van der Waals surface area contributed by atoms with Crippen molar-refractivity contribution in [3.8, 4) is 0 Å². The summed E-state index contributed by atoms with van der Waals surface area (Å²) >= 11 is 0. The summed E-state index contributed by atoms with van der Waals surface area (Å²) in [4.78, 5) is 54.3. The standard InChI is InChI=1S/C29H50N4O5/c1-17(34)21(35)19(13-18-11-10-12-18)30-23(36)20-14-29(15-28(29,8)9)16-33(20)24(37)22(26(2,3)4)31-25(38)32-27(5,6)7/h18-22,35H,10-16H2,1-9H3,(H,30,36)(H2,31,32,38)/t19?,20-,21?,22+,29?/m0/s1. The highest BCUT2D eigenvalue weighted by atomic mass is 16.3. The van der Waals surface area contributed by atoms with Crippen LogP contribution in [-0.2, 0) is 14.4 Å². The molecule has 9 nitrogen and oxygen atoms in total. The molecule has 4 amide bonds. The maximum absolute atomic E-state index is 14.1. The Morgan fingerprint density at radius 2 is 1.61 bits per heavy atom. The van der Waals surface area contributed by atoms with Gasteiger partial charge in [-0.15, -0.1) is 0 Å². The van der Waals surface area contributed by atoms with E-state index in [9.17, 15) is 24.3 Å². The molecule has 3 rings (SSSR count). The van der Waals surface area contributed by atoms with Gasteiger partial charge in [0.05, 0.1) is 6.04 Å². The van der Waals surface area contributed by atoms with Crippen molar-refractivity contribution < 1.29 is 24.3 Å². The van der Waals surface area contributed by atoms with E-state index < -0.39 is 41.2 Å². The molecule has 3 aliphatic rings. The molecule has 4 N–H and O–H groups in total. The fourth-order valence-corrected chi connectivity index (χ4v) is 6.11. The first-order valence-corrected chi connectivity index (χ1v) is 14.1. The minimum absolute atomic E-state index is 0.000935. The summed E-state index contributed by atoms with van der Waals surface area (Å²) < 4.78 is 0. The number of carbonyl (C=O) groups excluding carboxylic acids is 4. The minimum atomic E-state index is -1.28. The topological polar surface area (TPSA) is 128 Å². The molecule has 0 radical (unpaired) electrons. The molecule has 38 heavy (non-hydrogen) atoms. The van der Waals surface area contributed by atoms with Crippen LogP contribution in [0.15, 0.2) is 0 Å². The number of likely N-dealkylation sites (tertiary alicyclic amines) is 1. The van der Waals surface area contributed by atoms with Gasteiger partial charge in [0.15, 0.2) is 5.78 Å². The number of hydrogen-bond donors (Lipinski definition) is 4. The summed E-state index contributed by atoms with van der Waals surface area (Å²) in [5, 5.41) is 19.3. The van der Waals surface area contributed by atoms with Crippen molar-refractivity contribution in [1.29, 1.82) is 0 Å². The zero-order valence-electron chi connectivity index (χ0n) is 24.9. The number of nitrogens with zero attached hydrogens (tertiary/aromatic N) is 1. The number of amides is 4. The lowest BCUT2D eigenvalue weighted by atomic mass is 9.79. The fraction of sp³-hybridized carbons (Fsp3) is 0.862. The zero-order valence-corrected chi connectivity index (χ0v) is 24.9. The van der Waals surface area contributed by atoms with Crippen molar-refractivity contribution in [2.45, 2.75) is 131 Å². The molecule has 1 aliphatic heterocycles. The van der Waals surface area contributed by atoms with Crippen molar-refractivity contribution >= 4 is 23.6 Å². The third-order valence-corrected chi connectivity index (χ3v) is 8.92. The van der Waals surface area contributed by atoms with Crippen molar-refractivity contribution in [2.24, 2.45) is 22.2 Å². The molecule has 2 aliphatic carbocycles. The summed E-state index contributed by atoms with van der Waals surface area (Å²) in [7, 11) is 0.